The molecule has 0 saturated carbocycles. The Kier molecular flexibility index (Phi) is 6.36. The number of likely N-dealkylation sites (N-methyl/N-ethyl adjacent to an activating group) is 1. The number of carbonyl (C=O) groups is 2. The number of piperidine rings is 1. The first-order valence-electron chi connectivity index (χ1n) is 10.4. The van der Waals surface area contributed by atoms with Gasteiger partial charge in [0.2, 0.25) is 11.0 Å². The van der Waals surface area contributed by atoms with Gasteiger partial charge in [0.05, 0.1) is 0 Å². The summed E-state index contributed by atoms with van der Waals surface area (Å²) in [6.45, 7) is 12.1. The van der Waals surface area contributed by atoms with Crippen LogP contribution in [-0.2, 0) is 9.53 Å². The molecule has 3 heterocycles. The highest BCUT2D eigenvalue weighted by molar-refractivity contribution is 7.09. The molecule has 0 bridgehead atoms. The molecule has 0 aromatic carbocycles. The van der Waals surface area contributed by atoms with E-state index in [1.54, 1.807) is 7.05 Å². The Bertz CT molecular complexity index is 737. The van der Waals surface area contributed by atoms with Gasteiger partial charge >= 0.3 is 6.09 Å². The fourth-order valence-electron chi connectivity index (χ4n) is 3.83. The van der Waals surface area contributed by atoms with Gasteiger partial charge in [-0.3, -0.25) is 9.69 Å². The summed E-state index contributed by atoms with van der Waals surface area (Å²) in [4.78, 5) is 35.7. The van der Waals surface area contributed by atoms with E-state index in [1.807, 2.05) is 25.7 Å². The molecule has 8 nitrogen and oxygen atoms in total. The predicted octanol–water partition coefficient (Wildman–Crippen LogP) is 3.10. The predicted molar refractivity (Wildman–Crippen MR) is 113 cm³/mol. The summed E-state index contributed by atoms with van der Waals surface area (Å²) in [6.07, 6.45) is 2.03. The molecule has 0 aliphatic carbocycles. The molecule has 2 aliphatic rings. The summed E-state index contributed by atoms with van der Waals surface area (Å²) >= 11 is 1.46. The van der Waals surface area contributed by atoms with Crippen LogP contribution in [0.5, 0.6) is 0 Å². The minimum atomic E-state index is -0.570. The molecular weight excluding hydrogens is 390 g/mol. The van der Waals surface area contributed by atoms with E-state index >= 15 is 0 Å². The van der Waals surface area contributed by atoms with Gasteiger partial charge in [0.1, 0.15) is 17.5 Å². The van der Waals surface area contributed by atoms with E-state index in [0.717, 1.165) is 36.9 Å². The van der Waals surface area contributed by atoms with Gasteiger partial charge in [-0.1, -0.05) is 13.8 Å². The van der Waals surface area contributed by atoms with Crippen LogP contribution in [0.1, 0.15) is 65.6 Å². The highest BCUT2D eigenvalue weighted by Crippen LogP contribution is 2.29. The van der Waals surface area contributed by atoms with E-state index in [4.69, 9.17) is 4.74 Å². The first-order valence-corrected chi connectivity index (χ1v) is 11.2. The summed E-state index contributed by atoms with van der Waals surface area (Å²) in [7, 11) is 1.66. The zero-order valence-corrected chi connectivity index (χ0v) is 19.2. The molecule has 1 aromatic rings. The van der Waals surface area contributed by atoms with Gasteiger partial charge in [0.15, 0.2) is 0 Å². The van der Waals surface area contributed by atoms with Crippen LogP contribution in [0.4, 0.5) is 9.93 Å². The highest BCUT2D eigenvalue weighted by atomic mass is 32.1. The zero-order valence-electron chi connectivity index (χ0n) is 18.3. The SMILES string of the molecule is CC(C)c1nsc(N2CCC(N3CCC(N(C)C(=O)OC(C)(C)C)C3=O)CC2)n1. The standard InChI is InChI=1S/C20H33N5O3S/c1-13(2)16-21-18(29-22-16)24-10-7-14(8-11-24)25-12-9-15(17(25)26)23(6)19(27)28-20(3,4)5/h13-15H,7-12H2,1-6H3. The molecule has 1 unspecified atom stereocenters. The van der Waals surface area contributed by atoms with Gasteiger partial charge in [-0.05, 0) is 40.0 Å². The first-order chi connectivity index (χ1) is 13.6. The third-order valence-corrected chi connectivity index (χ3v) is 6.27. The lowest BCUT2D eigenvalue weighted by molar-refractivity contribution is -0.134. The van der Waals surface area contributed by atoms with Crippen LogP contribution in [0.25, 0.3) is 0 Å². The molecule has 1 aromatic heterocycles. The second kappa shape index (κ2) is 8.45. The van der Waals surface area contributed by atoms with Crippen molar-refractivity contribution in [3.05, 3.63) is 5.82 Å². The second-order valence-electron chi connectivity index (χ2n) is 9.24. The number of anilines is 1. The van der Waals surface area contributed by atoms with Crippen molar-refractivity contribution >= 4 is 28.7 Å². The van der Waals surface area contributed by atoms with Gasteiger partial charge in [-0.15, -0.1) is 0 Å². The van der Waals surface area contributed by atoms with Gasteiger partial charge in [-0.2, -0.15) is 4.37 Å². The number of ether oxygens (including phenoxy) is 1. The number of carbonyl (C=O) groups excluding carboxylic acids is 2. The van der Waals surface area contributed by atoms with Gasteiger partial charge < -0.3 is 14.5 Å². The van der Waals surface area contributed by atoms with Crippen LogP contribution in [0.2, 0.25) is 0 Å². The van der Waals surface area contributed by atoms with Crippen molar-refractivity contribution in [2.75, 3.05) is 31.6 Å². The number of nitrogens with zero attached hydrogens (tertiary/aromatic N) is 5. The van der Waals surface area contributed by atoms with Crippen molar-refractivity contribution in [2.45, 2.75) is 77.5 Å². The summed E-state index contributed by atoms with van der Waals surface area (Å²) in [5.74, 6) is 1.27. The largest absolute Gasteiger partial charge is 0.444 e. The topological polar surface area (TPSA) is 78.9 Å². The lowest BCUT2D eigenvalue weighted by Gasteiger charge is -2.37. The zero-order chi connectivity index (χ0) is 21.3. The molecule has 0 spiro atoms. The molecule has 1 atom stereocenters. The van der Waals surface area contributed by atoms with Crippen LogP contribution in [0, 0.1) is 0 Å². The van der Waals surface area contributed by atoms with E-state index < -0.39 is 17.7 Å². The van der Waals surface area contributed by atoms with Crippen LogP contribution in [0.15, 0.2) is 0 Å². The number of amides is 2. The summed E-state index contributed by atoms with van der Waals surface area (Å²) in [5, 5.41) is 0.974. The van der Waals surface area contributed by atoms with E-state index in [9.17, 15) is 9.59 Å². The molecule has 9 heteroatoms. The Balaban J connectivity index is 1.55. The van der Waals surface area contributed by atoms with Gasteiger partial charge in [-0.25, -0.2) is 9.78 Å². The number of likely N-dealkylation sites (tertiary alicyclic amines) is 1. The third kappa shape index (κ3) is 4.99. The van der Waals surface area contributed by atoms with Gasteiger partial charge in [0, 0.05) is 50.2 Å². The first kappa shape index (κ1) is 21.8. The van der Waals surface area contributed by atoms with E-state index in [1.165, 1.54) is 16.4 Å². The number of hydrogen-bond acceptors (Lipinski definition) is 7. The molecule has 2 saturated heterocycles. The average Bonchev–Trinajstić information content (AvgIpc) is 3.27. The lowest BCUT2D eigenvalue weighted by Crippen LogP contribution is -2.49. The lowest BCUT2D eigenvalue weighted by atomic mass is 10.0. The maximum Gasteiger partial charge on any atom is 0.410 e. The van der Waals surface area contributed by atoms with Crippen molar-refractivity contribution < 1.29 is 14.3 Å². The van der Waals surface area contributed by atoms with Crippen molar-refractivity contribution in [3.63, 3.8) is 0 Å². The quantitative estimate of drug-likeness (QED) is 0.740. The van der Waals surface area contributed by atoms with Gasteiger partial charge in [0.25, 0.3) is 0 Å². The summed E-state index contributed by atoms with van der Waals surface area (Å²) < 4.78 is 9.87. The Morgan fingerprint density at radius 1 is 1.21 bits per heavy atom. The molecule has 162 valence electrons. The van der Waals surface area contributed by atoms with E-state index in [0.29, 0.717) is 18.9 Å². The Labute approximate surface area is 177 Å². The van der Waals surface area contributed by atoms with E-state index in [-0.39, 0.29) is 11.9 Å². The van der Waals surface area contributed by atoms with Crippen LogP contribution in [0.3, 0.4) is 0 Å². The molecule has 2 fully saturated rings. The van der Waals surface area contributed by atoms with Crippen LogP contribution >= 0.6 is 11.5 Å². The Morgan fingerprint density at radius 3 is 2.41 bits per heavy atom. The molecular formula is C20H33N5O3S. The number of hydrogen-bond donors (Lipinski definition) is 0. The molecule has 3 rings (SSSR count). The van der Waals surface area contributed by atoms with Crippen molar-refractivity contribution in [2.24, 2.45) is 0 Å². The third-order valence-electron chi connectivity index (χ3n) is 5.48. The summed E-state index contributed by atoms with van der Waals surface area (Å²) in [6, 6.07) is -0.215. The minimum absolute atomic E-state index is 0.0369. The maximum absolute atomic E-state index is 13.0. The fraction of sp³-hybridized carbons (Fsp3) is 0.800. The van der Waals surface area contributed by atoms with Crippen LogP contribution < -0.4 is 4.90 Å². The van der Waals surface area contributed by atoms with Crippen molar-refractivity contribution in [1.82, 2.24) is 19.2 Å². The Hall–Kier alpha value is -1.90. The number of rotatable bonds is 4. The van der Waals surface area contributed by atoms with Crippen molar-refractivity contribution in [3.8, 4) is 0 Å². The monoisotopic (exact) mass is 423 g/mol. The maximum atomic E-state index is 13.0. The van der Waals surface area contributed by atoms with E-state index in [2.05, 4.69) is 28.1 Å². The molecule has 2 amide bonds. The molecule has 29 heavy (non-hydrogen) atoms. The smallest absolute Gasteiger partial charge is 0.410 e. The molecule has 0 N–H and O–H groups in total. The minimum Gasteiger partial charge on any atom is -0.444 e. The second-order valence-corrected chi connectivity index (χ2v) is 9.97. The normalized spacial score (nSPS) is 21.2. The van der Waals surface area contributed by atoms with Crippen molar-refractivity contribution in [1.29, 1.82) is 0 Å². The van der Waals surface area contributed by atoms with Crippen LogP contribution in [-0.4, -0.2) is 75.5 Å². The summed E-state index contributed by atoms with van der Waals surface area (Å²) in [5.41, 5.74) is -0.570. The molecule has 2 aliphatic heterocycles. The highest BCUT2D eigenvalue weighted by Gasteiger charge is 2.41. The Morgan fingerprint density at radius 2 is 1.86 bits per heavy atom. The fourth-order valence-corrected chi connectivity index (χ4v) is 4.69. The average molecular weight is 424 g/mol. The molecule has 0 radical (unpaired) electrons. The number of aromatic nitrogens is 2.